The van der Waals surface area contributed by atoms with Crippen molar-refractivity contribution in [2.75, 3.05) is 13.7 Å². The van der Waals surface area contributed by atoms with Crippen molar-refractivity contribution < 1.29 is 14.9 Å². The van der Waals surface area contributed by atoms with Crippen molar-refractivity contribution in [3.05, 3.63) is 0 Å². The largest absolute Gasteiger partial charge is 0.482 e. The molecule has 0 radical (unpaired) electrons. The van der Waals surface area contributed by atoms with Gasteiger partial charge < -0.3 is 14.9 Å². The Bertz CT molecular complexity index is 166. The maximum atomic E-state index is 9.09. The number of hydrogen-bond donors (Lipinski definition) is 2. The molecule has 10 heavy (non-hydrogen) atoms. The van der Waals surface area contributed by atoms with Crippen molar-refractivity contribution in [2.24, 2.45) is 4.99 Å². The van der Waals surface area contributed by atoms with Crippen LogP contribution in [0.5, 0.6) is 0 Å². The summed E-state index contributed by atoms with van der Waals surface area (Å²) < 4.78 is 4.76. The Balaban J connectivity index is 2.54. The molecule has 0 amide bonds. The fourth-order valence-corrected chi connectivity index (χ4v) is 0.883. The molecule has 0 aromatic rings. The molecule has 0 bridgehead atoms. The number of methoxy groups -OCH3 is 1. The van der Waals surface area contributed by atoms with E-state index in [0.717, 1.165) is 0 Å². The maximum absolute atomic E-state index is 9.09. The smallest absolute Gasteiger partial charge is 0.218 e. The normalized spacial score (nSPS) is 33.0. The molecule has 0 spiro atoms. The molecule has 0 aromatic heterocycles. The van der Waals surface area contributed by atoms with E-state index >= 15 is 0 Å². The molecule has 1 aliphatic rings. The van der Waals surface area contributed by atoms with Gasteiger partial charge in [-0.2, -0.15) is 0 Å². The second kappa shape index (κ2) is 2.21. The van der Waals surface area contributed by atoms with Gasteiger partial charge in [-0.3, -0.25) is 0 Å². The predicted molar refractivity (Wildman–Crippen MR) is 35.9 cm³/mol. The first-order valence-electron chi connectivity index (χ1n) is 3.10. The third kappa shape index (κ3) is 0.803. The Kier molecular flexibility index (Phi) is 1.66. The van der Waals surface area contributed by atoms with E-state index in [1.165, 1.54) is 7.11 Å². The number of ether oxygens (including phenoxy) is 1. The first-order chi connectivity index (χ1) is 4.67. The van der Waals surface area contributed by atoms with Gasteiger partial charge in [-0.1, -0.05) is 0 Å². The van der Waals surface area contributed by atoms with E-state index in [4.69, 9.17) is 14.9 Å². The zero-order chi connectivity index (χ0) is 7.78. The number of hydrogen-bond acceptors (Lipinski definition) is 4. The number of aliphatic imine (C=N–C) groups is 1. The van der Waals surface area contributed by atoms with Crippen molar-refractivity contribution in [1.29, 1.82) is 0 Å². The van der Waals surface area contributed by atoms with Crippen LogP contribution < -0.4 is 0 Å². The average molecular weight is 145 g/mol. The molecule has 4 nitrogen and oxygen atoms in total. The fourth-order valence-electron chi connectivity index (χ4n) is 0.883. The van der Waals surface area contributed by atoms with Gasteiger partial charge in [0.25, 0.3) is 0 Å². The van der Waals surface area contributed by atoms with Crippen LogP contribution in [0.15, 0.2) is 4.99 Å². The first kappa shape index (κ1) is 7.50. The molecule has 0 aromatic carbocycles. The van der Waals surface area contributed by atoms with E-state index in [1.807, 2.05) is 0 Å². The summed E-state index contributed by atoms with van der Waals surface area (Å²) in [7, 11) is 1.47. The highest BCUT2D eigenvalue weighted by atomic mass is 16.5. The number of rotatable bonds is 2. The minimum absolute atomic E-state index is 0.187. The zero-order valence-corrected chi connectivity index (χ0v) is 6.03. The second-order valence-electron chi connectivity index (χ2n) is 2.38. The van der Waals surface area contributed by atoms with E-state index in [9.17, 15) is 0 Å². The molecule has 58 valence electrons. The standard InChI is InChI=1S/C6H11NO3/c1-4(9)6(3-8)5(7-6)10-2/h4,8-9H,3H2,1-2H3. The minimum Gasteiger partial charge on any atom is -0.482 e. The lowest BCUT2D eigenvalue weighted by atomic mass is 10.0. The Labute approximate surface area is 59.2 Å². The summed E-state index contributed by atoms with van der Waals surface area (Å²) in [5.74, 6) is 0.435. The molecule has 0 saturated carbocycles. The van der Waals surface area contributed by atoms with Gasteiger partial charge >= 0.3 is 0 Å². The van der Waals surface area contributed by atoms with Crippen molar-refractivity contribution in [1.82, 2.24) is 0 Å². The topological polar surface area (TPSA) is 62.0 Å². The zero-order valence-electron chi connectivity index (χ0n) is 6.03. The highest BCUT2D eigenvalue weighted by Gasteiger charge is 2.53. The van der Waals surface area contributed by atoms with Gasteiger partial charge in [-0.25, -0.2) is 4.99 Å². The molecule has 1 aliphatic heterocycles. The fraction of sp³-hybridized carbons (Fsp3) is 0.833. The summed E-state index contributed by atoms with van der Waals surface area (Å²) in [4.78, 5) is 3.82. The molecule has 2 atom stereocenters. The predicted octanol–water partition coefficient (Wildman–Crippen LogP) is -0.843. The number of aliphatic hydroxyl groups is 2. The van der Waals surface area contributed by atoms with Crippen molar-refractivity contribution in [3.63, 3.8) is 0 Å². The lowest BCUT2D eigenvalue weighted by Crippen LogP contribution is -2.36. The van der Waals surface area contributed by atoms with E-state index in [2.05, 4.69) is 4.99 Å². The maximum Gasteiger partial charge on any atom is 0.218 e. The number of aliphatic hydroxyl groups excluding tert-OH is 2. The lowest BCUT2D eigenvalue weighted by Gasteiger charge is -2.13. The summed E-state index contributed by atoms with van der Waals surface area (Å²) >= 11 is 0. The molecular formula is C6H11NO3. The van der Waals surface area contributed by atoms with E-state index in [0.29, 0.717) is 5.90 Å². The van der Waals surface area contributed by atoms with E-state index in [1.54, 1.807) is 6.92 Å². The first-order valence-corrected chi connectivity index (χ1v) is 3.10. The summed E-state index contributed by atoms with van der Waals surface area (Å²) in [6.07, 6.45) is -0.674. The van der Waals surface area contributed by atoms with Crippen LogP contribution in [0.2, 0.25) is 0 Å². The third-order valence-electron chi connectivity index (χ3n) is 1.75. The van der Waals surface area contributed by atoms with Crippen LogP contribution in [0.25, 0.3) is 0 Å². The van der Waals surface area contributed by atoms with Crippen LogP contribution in [0.3, 0.4) is 0 Å². The molecular weight excluding hydrogens is 134 g/mol. The van der Waals surface area contributed by atoms with Gasteiger partial charge in [0.1, 0.15) is 0 Å². The Morgan fingerprint density at radius 3 is 2.50 bits per heavy atom. The molecule has 0 aliphatic carbocycles. The lowest BCUT2D eigenvalue weighted by molar-refractivity contribution is 0.108. The quantitative estimate of drug-likeness (QED) is 0.532. The van der Waals surface area contributed by atoms with Crippen LogP contribution >= 0.6 is 0 Å². The van der Waals surface area contributed by atoms with Crippen molar-refractivity contribution in [3.8, 4) is 0 Å². The van der Waals surface area contributed by atoms with Crippen LogP contribution in [-0.4, -0.2) is 41.5 Å². The van der Waals surface area contributed by atoms with Crippen LogP contribution in [-0.2, 0) is 4.74 Å². The molecule has 1 rings (SSSR count). The van der Waals surface area contributed by atoms with Gasteiger partial charge in [0, 0.05) is 0 Å². The molecule has 2 N–H and O–H groups in total. The Morgan fingerprint density at radius 1 is 1.80 bits per heavy atom. The monoisotopic (exact) mass is 145 g/mol. The highest BCUT2D eigenvalue weighted by Crippen LogP contribution is 2.31. The van der Waals surface area contributed by atoms with Gasteiger partial charge in [0.15, 0.2) is 5.54 Å². The van der Waals surface area contributed by atoms with Crippen molar-refractivity contribution in [2.45, 2.75) is 18.6 Å². The Morgan fingerprint density at radius 2 is 2.40 bits per heavy atom. The van der Waals surface area contributed by atoms with Crippen LogP contribution in [0.4, 0.5) is 0 Å². The molecule has 2 unspecified atom stereocenters. The average Bonchev–Trinajstić information content (AvgIpc) is 2.62. The summed E-state index contributed by atoms with van der Waals surface area (Å²) in [5, 5.41) is 17.9. The third-order valence-corrected chi connectivity index (χ3v) is 1.75. The second-order valence-corrected chi connectivity index (χ2v) is 2.38. The molecule has 4 heteroatoms. The highest BCUT2D eigenvalue weighted by molar-refractivity contribution is 5.99. The summed E-state index contributed by atoms with van der Waals surface area (Å²) in [6, 6.07) is 0. The van der Waals surface area contributed by atoms with E-state index < -0.39 is 11.6 Å². The van der Waals surface area contributed by atoms with E-state index in [-0.39, 0.29) is 6.61 Å². The SMILES string of the molecule is COC1=NC1(CO)C(C)O. The molecule has 0 saturated heterocycles. The molecule has 0 fully saturated rings. The van der Waals surface area contributed by atoms with Gasteiger partial charge in [-0.15, -0.1) is 0 Å². The van der Waals surface area contributed by atoms with Crippen LogP contribution in [0, 0.1) is 0 Å². The van der Waals surface area contributed by atoms with Crippen molar-refractivity contribution >= 4 is 5.90 Å². The summed E-state index contributed by atoms with van der Waals surface area (Å²) in [6.45, 7) is 1.39. The van der Waals surface area contributed by atoms with Gasteiger partial charge in [-0.05, 0) is 6.92 Å². The van der Waals surface area contributed by atoms with Crippen LogP contribution in [0.1, 0.15) is 6.92 Å². The van der Waals surface area contributed by atoms with Gasteiger partial charge in [0.05, 0.1) is 19.8 Å². The Hall–Kier alpha value is -0.610. The number of nitrogens with zero attached hydrogens (tertiary/aromatic N) is 1. The van der Waals surface area contributed by atoms with Gasteiger partial charge in [0.2, 0.25) is 5.90 Å². The molecule has 1 heterocycles. The minimum atomic E-state index is -0.811. The summed E-state index contributed by atoms with van der Waals surface area (Å²) in [5.41, 5.74) is -0.811.